The van der Waals surface area contributed by atoms with Crippen molar-refractivity contribution in [2.45, 2.75) is 13.8 Å². The third kappa shape index (κ3) is 4.29. The highest BCUT2D eigenvalue weighted by atomic mass is 79.9. The molecule has 0 atom stereocenters. The molecule has 0 saturated carbocycles. The number of nitrogens with zero attached hydrogens (tertiary/aromatic N) is 4. The highest BCUT2D eigenvalue weighted by molar-refractivity contribution is 9.10. The summed E-state index contributed by atoms with van der Waals surface area (Å²) in [5.41, 5.74) is 3.14. The number of nitrogens with one attached hydrogen (secondary N) is 2. The van der Waals surface area contributed by atoms with Crippen molar-refractivity contribution < 1.29 is 9.53 Å². The topological polar surface area (TPSA) is 93.4 Å². The second kappa shape index (κ2) is 8.69. The molecule has 158 valence electrons. The van der Waals surface area contributed by atoms with Crippen LogP contribution in [0, 0.1) is 13.8 Å². The van der Waals surface area contributed by atoms with Gasteiger partial charge in [0, 0.05) is 16.8 Å². The first-order valence-electron chi connectivity index (χ1n) is 9.12. The number of hydrogen-bond donors (Lipinski definition) is 2. The number of fused-ring (bicyclic) bond motifs is 1. The van der Waals surface area contributed by atoms with Gasteiger partial charge in [-0.1, -0.05) is 23.5 Å². The van der Waals surface area contributed by atoms with Crippen LogP contribution in [0.1, 0.15) is 21.7 Å². The fourth-order valence-corrected chi connectivity index (χ4v) is 4.67. The standard InChI is InChI=1S/C20H17BrN6O2S2/c1-10-13(18-26-27-11(2)24-25-20(27)31-18)5-4-6-15(10)22-19(30)23-17(28)12-7-8-16(29-3)14(21)9-12/h4-9H,1-3H3,(H2,22,23,28,30). The number of hydrogen-bond acceptors (Lipinski definition) is 7. The minimum atomic E-state index is -0.321. The van der Waals surface area contributed by atoms with Crippen molar-refractivity contribution in [1.82, 2.24) is 25.1 Å². The molecule has 0 saturated heterocycles. The Bertz CT molecular complexity index is 1320. The summed E-state index contributed by atoms with van der Waals surface area (Å²) in [6.07, 6.45) is 0. The van der Waals surface area contributed by atoms with Gasteiger partial charge in [-0.3, -0.25) is 10.1 Å². The number of anilines is 1. The number of aromatic nitrogens is 4. The molecule has 0 aliphatic heterocycles. The van der Waals surface area contributed by atoms with Crippen LogP contribution in [0.4, 0.5) is 5.69 Å². The Morgan fingerprint density at radius 3 is 2.74 bits per heavy atom. The van der Waals surface area contributed by atoms with Gasteiger partial charge in [0.15, 0.2) is 10.9 Å². The van der Waals surface area contributed by atoms with Crippen molar-refractivity contribution in [2.24, 2.45) is 0 Å². The highest BCUT2D eigenvalue weighted by Gasteiger charge is 2.15. The van der Waals surface area contributed by atoms with E-state index >= 15 is 0 Å². The number of ether oxygens (including phenoxy) is 1. The summed E-state index contributed by atoms with van der Waals surface area (Å²) < 4.78 is 7.60. The van der Waals surface area contributed by atoms with Crippen LogP contribution in [-0.2, 0) is 0 Å². The van der Waals surface area contributed by atoms with E-state index in [-0.39, 0.29) is 11.0 Å². The molecule has 2 N–H and O–H groups in total. The van der Waals surface area contributed by atoms with Gasteiger partial charge in [0.05, 0.1) is 11.6 Å². The maximum atomic E-state index is 12.5. The maximum Gasteiger partial charge on any atom is 0.257 e. The number of aryl methyl sites for hydroxylation is 1. The molecule has 0 radical (unpaired) electrons. The Kier molecular flexibility index (Phi) is 5.99. The highest BCUT2D eigenvalue weighted by Crippen LogP contribution is 2.31. The van der Waals surface area contributed by atoms with E-state index in [0.717, 1.165) is 32.6 Å². The van der Waals surface area contributed by atoms with Crippen LogP contribution in [-0.4, -0.2) is 37.9 Å². The van der Waals surface area contributed by atoms with E-state index in [9.17, 15) is 4.79 Å². The number of carbonyl (C=O) groups is 1. The predicted molar refractivity (Wildman–Crippen MR) is 128 cm³/mol. The lowest BCUT2D eigenvalue weighted by atomic mass is 10.1. The average molecular weight is 517 g/mol. The molecule has 0 fully saturated rings. The van der Waals surface area contributed by atoms with Gasteiger partial charge in [-0.05, 0) is 71.8 Å². The number of benzene rings is 2. The normalized spacial score (nSPS) is 10.8. The van der Waals surface area contributed by atoms with Gasteiger partial charge in [0.2, 0.25) is 4.96 Å². The SMILES string of the molecule is COc1ccc(C(=O)NC(=S)Nc2cccc(-c3nn4c(C)nnc4s3)c2C)cc1Br. The predicted octanol–water partition coefficient (Wildman–Crippen LogP) is 4.37. The van der Waals surface area contributed by atoms with E-state index in [1.54, 1.807) is 29.8 Å². The van der Waals surface area contributed by atoms with Crippen molar-refractivity contribution in [3.63, 3.8) is 0 Å². The second-order valence-electron chi connectivity index (χ2n) is 6.58. The summed E-state index contributed by atoms with van der Waals surface area (Å²) in [5.74, 6) is 1.06. The molecule has 8 nitrogen and oxygen atoms in total. The molecule has 0 bridgehead atoms. The van der Waals surface area contributed by atoms with Crippen LogP contribution in [0.25, 0.3) is 15.5 Å². The molecular formula is C20H17BrN6O2S2. The van der Waals surface area contributed by atoms with E-state index in [0.29, 0.717) is 15.8 Å². The third-order valence-electron chi connectivity index (χ3n) is 4.60. The average Bonchev–Trinajstić information content (AvgIpc) is 3.31. The van der Waals surface area contributed by atoms with Gasteiger partial charge in [-0.15, -0.1) is 10.2 Å². The summed E-state index contributed by atoms with van der Waals surface area (Å²) in [4.78, 5) is 13.3. The van der Waals surface area contributed by atoms with Crippen molar-refractivity contribution >= 4 is 61.2 Å². The van der Waals surface area contributed by atoms with Gasteiger partial charge in [0.1, 0.15) is 10.8 Å². The fraction of sp³-hybridized carbons (Fsp3) is 0.150. The Hall–Kier alpha value is -2.89. The largest absolute Gasteiger partial charge is 0.496 e. The Morgan fingerprint density at radius 2 is 2.03 bits per heavy atom. The van der Waals surface area contributed by atoms with Crippen molar-refractivity contribution in [1.29, 1.82) is 0 Å². The second-order valence-corrected chi connectivity index (χ2v) is 8.80. The molecule has 0 spiro atoms. The van der Waals surface area contributed by atoms with Gasteiger partial charge < -0.3 is 10.1 Å². The van der Waals surface area contributed by atoms with Crippen LogP contribution in [0.15, 0.2) is 40.9 Å². The molecule has 4 rings (SSSR count). The van der Waals surface area contributed by atoms with Gasteiger partial charge in [0.25, 0.3) is 5.91 Å². The monoisotopic (exact) mass is 516 g/mol. The van der Waals surface area contributed by atoms with Gasteiger partial charge >= 0.3 is 0 Å². The van der Waals surface area contributed by atoms with E-state index in [4.69, 9.17) is 17.0 Å². The first-order valence-corrected chi connectivity index (χ1v) is 11.1. The van der Waals surface area contributed by atoms with Crippen LogP contribution in [0.5, 0.6) is 5.75 Å². The van der Waals surface area contributed by atoms with Crippen molar-refractivity contribution in [2.75, 3.05) is 12.4 Å². The number of carbonyl (C=O) groups excluding carboxylic acids is 1. The van der Waals surface area contributed by atoms with Gasteiger partial charge in [-0.2, -0.15) is 9.61 Å². The summed E-state index contributed by atoms with van der Waals surface area (Å²) in [6, 6.07) is 10.8. The summed E-state index contributed by atoms with van der Waals surface area (Å²) in [6.45, 7) is 3.83. The molecule has 0 unspecified atom stereocenters. The molecule has 11 heteroatoms. The number of methoxy groups -OCH3 is 1. The number of rotatable bonds is 4. The van der Waals surface area contributed by atoms with Crippen LogP contribution < -0.4 is 15.4 Å². The third-order valence-corrected chi connectivity index (χ3v) is 6.36. The van der Waals surface area contributed by atoms with Gasteiger partial charge in [-0.25, -0.2) is 0 Å². The maximum absolute atomic E-state index is 12.5. The minimum absolute atomic E-state index is 0.200. The fourth-order valence-electron chi connectivity index (χ4n) is 2.96. The lowest BCUT2D eigenvalue weighted by Gasteiger charge is -2.14. The molecule has 4 aromatic rings. The lowest BCUT2D eigenvalue weighted by molar-refractivity contribution is 0.0977. The van der Waals surface area contributed by atoms with E-state index < -0.39 is 0 Å². The lowest BCUT2D eigenvalue weighted by Crippen LogP contribution is -2.34. The zero-order chi connectivity index (χ0) is 22.1. The molecular weight excluding hydrogens is 500 g/mol. The van der Waals surface area contributed by atoms with Crippen LogP contribution in [0.3, 0.4) is 0 Å². The Morgan fingerprint density at radius 1 is 1.23 bits per heavy atom. The summed E-state index contributed by atoms with van der Waals surface area (Å²) in [5, 5.41) is 19.6. The van der Waals surface area contributed by atoms with Crippen molar-refractivity contribution in [3.05, 3.63) is 57.8 Å². The Labute approximate surface area is 195 Å². The number of thiocarbonyl (C=S) groups is 1. The molecule has 2 aromatic heterocycles. The number of halogens is 1. The van der Waals surface area contributed by atoms with Crippen molar-refractivity contribution in [3.8, 4) is 16.3 Å². The molecule has 1 amide bonds. The smallest absolute Gasteiger partial charge is 0.257 e. The van der Waals surface area contributed by atoms with Crippen LogP contribution >= 0.6 is 39.5 Å². The molecule has 0 aliphatic rings. The van der Waals surface area contributed by atoms with E-state index in [1.807, 2.05) is 32.0 Å². The Balaban J connectivity index is 1.51. The zero-order valence-corrected chi connectivity index (χ0v) is 20.0. The molecule has 0 aliphatic carbocycles. The van der Waals surface area contributed by atoms with Crippen LogP contribution in [0.2, 0.25) is 0 Å². The quantitative estimate of drug-likeness (QED) is 0.389. The molecule has 31 heavy (non-hydrogen) atoms. The van der Waals surface area contributed by atoms with E-state index in [2.05, 4.69) is 41.9 Å². The molecule has 2 heterocycles. The van der Waals surface area contributed by atoms with E-state index in [1.165, 1.54) is 11.3 Å². The first-order chi connectivity index (χ1) is 14.9. The molecule has 2 aromatic carbocycles. The minimum Gasteiger partial charge on any atom is -0.496 e. The summed E-state index contributed by atoms with van der Waals surface area (Å²) >= 11 is 10.2. The number of amides is 1. The first kappa shape index (κ1) is 21.3. The summed E-state index contributed by atoms with van der Waals surface area (Å²) in [7, 11) is 1.57. The zero-order valence-electron chi connectivity index (χ0n) is 16.8.